The van der Waals surface area contributed by atoms with Crippen LogP contribution in [0.1, 0.15) is 29.6 Å². The second-order valence-corrected chi connectivity index (χ2v) is 5.43. The molecule has 1 aromatic carbocycles. The number of anilines is 1. The molecule has 2 bridgehead atoms. The molecule has 3 unspecified atom stereocenters. The van der Waals surface area contributed by atoms with Gasteiger partial charge in [-0.05, 0) is 37.5 Å². The number of carboxylic acid groups (broad SMARTS) is 1. The normalized spacial score (nSPS) is 27.9. The molecular formula is C14H15FN2O3. The summed E-state index contributed by atoms with van der Waals surface area (Å²) in [6.07, 6.45) is 1.92. The van der Waals surface area contributed by atoms with Crippen LogP contribution in [0.4, 0.5) is 10.1 Å². The van der Waals surface area contributed by atoms with Crippen LogP contribution in [0.15, 0.2) is 18.2 Å². The van der Waals surface area contributed by atoms with Crippen LogP contribution in [0, 0.1) is 11.7 Å². The first-order valence-corrected chi connectivity index (χ1v) is 6.59. The van der Waals surface area contributed by atoms with E-state index in [-0.39, 0.29) is 23.3 Å². The summed E-state index contributed by atoms with van der Waals surface area (Å²) in [4.78, 5) is 25.2. The molecule has 2 aliphatic heterocycles. The summed E-state index contributed by atoms with van der Waals surface area (Å²) in [6.45, 7) is 0. The number of carbonyl (C=O) groups is 2. The predicted molar refractivity (Wildman–Crippen MR) is 69.5 cm³/mol. The Morgan fingerprint density at radius 3 is 2.70 bits per heavy atom. The van der Waals surface area contributed by atoms with Gasteiger partial charge in [0.1, 0.15) is 5.82 Å². The summed E-state index contributed by atoms with van der Waals surface area (Å²) in [5.74, 6) is -2.51. The zero-order valence-corrected chi connectivity index (χ0v) is 10.8. The van der Waals surface area contributed by atoms with Gasteiger partial charge in [-0.15, -0.1) is 0 Å². The third-order valence-electron chi connectivity index (χ3n) is 4.31. The number of amides is 1. The van der Waals surface area contributed by atoms with Crippen molar-refractivity contribution in [3.05, 3.63) is 29.6 Å². The summed E-state index contributed by atoms with van der Waals surface area (Å²) < 4.78 is 13.8. The SMILES string of the molecule is Nc1ccc(C(=O)N2C3CCC2C(C(=O)O)C3)c(F)c1. The number of carboxylic acids is 1. The fourth-order valence-electron chi connectivity index (χ4n) is 3.41. The van der Waals surface area contributed by atoms with Gasteiger partial charge in [0.05, 0.1) is 11.5 Å². The molecule has 2 aliphatic rings. The van der Waals surface area contributed by atoms with Crippen LogP contribution in [0.3, 0.4) is 0 Å². The van der Waals surface area contributed by atoms with Gasteiger partial charge in [-0.3, -0.25) is 9.59 Å². The van der Waals surface area contributed by atoms with Crippen LogP contribution in [0.25, 0.3) is 0 Å². The third kappa shape index (κ3) is 1.83. The average Bonchev–Trinajstić information content (AvgIpc) is 2.95. The molecule has 2 saturated heterocycles. The fourth-order valence-corrected chi connectivity index (χ4v) is 3.41. The Hall–Kier alpha value is -2.11. The molecule has 3 N–H and O–H groups in total. The van der Waals surface area contributed by atoms with E-state index >= 15 is 0 Å². The maximum Gasteiger partial charge on any atom is 0.308 e. The molecule has 1 aromatic rings. The van der Waals surface area contributed by atoms with Gasteiger partial charge >= 0.3 is 5.97 Å². The smallest absolute Gasteiger partial charge is 0.308 e. The minimum Gasteiger partial charge on any atom is -0.481 e. The van der Waals surface area contributed by atoms with Crippen molar-refractivity contribution in [2.45, 2.75) is 31.3 Å². The van der Waals surface area contributed by atoms with Crippen molar-refractivity contribution in [2.24, 2.45) is 5.92 Å². The van der Waals surface area contributed by atoms with E-state index < -0.39 is 23.6 Å². The Balaban J connectivity index is 1.90. The maximum absolute atomic E-state index is 13.8. The third-order valence-corrected chi connectivity index (χ3v) is 4.31. The Morgan fingerprint density at radius 1 is 1.35 bits per heavy atom. The lowest BCUT2D eigenvalue weighted by molar-refractivity contribution is -0.142. The molecule has 5 nitrogen and oxygen atoms in total. The summed E-state index contributed by atoms with van der Waals surface area (Å²) in [5.41, 5.74) is 5.68. The minimum atomic E-state index is -0.882. The minimum absolute atomic E-state index is 0.0397. The lowest BCUT2D eigenvalue weighted by Gasteiger charge is -2.23. The summed E-state index contributed by atoms with van der Waals surface area (Å²) in [7, 11) is 0. The molecule has 0 aliphatic carbocycles. The van der Waals surface area contributed by atoms with E-state index in [2.05, 4.69) is 0 Å². The molecular weight excluding hydrogens is 263 g/mol. The molecule has 3 atom stereocenters. The van der Waals surface area contributed by atoms with Gasteiger partial charge in [-0.25, -0.2) is 4.39 Å². The number of nitrogens with two attached hydrogens (primary N) is 1. The molecule has 106 valence electrons. The lowest BCUT2D eigenvalue weighted by atomic mass is 9.89. The monoisotopic (exact) mass is 278 g/mol. The van der Waals surface area contributed by atoms with Gasteiger partial charge in [0.2, 0.25) is 0 Å². The zero-order valence-electron chi connectivity index (χ0n) is 10.8. The molecule has 3 rings (SSSR count). The van der Waals surface area contributed by atoms with Crippen LogP contribution < -0.4 is 5.73 Å². The topological polar surface area (TPSA) is 83.6 Å². The summed E-state index contributed by atoms with van der Waals surface area (Å²) >= 11 is 0. The van der Waals surface area contributed by atoms with E-state index in [0.29, 0.717) is 12.8 Å². The number of nitrogen functional groups attached to an aromatic ring is 1. The standard InChI is InChI=1S/C14H15FN2O3/c15-11-5-7(16)1-3-9(11)13(18)17-8-2-4-12(17)10(6-8)14(19)20/h1,3,5,8,10,12H,2,4,6,16H2,(H,19,20). The molecule has 20 heavy (non-hydrogen) atoms. The maximum atomic E-state index is 13.8. The second kappa shape index (κ2) is 4.47. The van der Waals surface area contributed by atoms with Crippen LogP contribution in [0.2, 0.25) is 0 Å². The van der Waals surface area contributed by atoms with E-state index in [9.17, 15) is 14.0 Å². The van der Waals surface area contributed by atoms with Crippen molar-refractivity contribution in [3.63, 3.8) is 0 Å². The lowest BCUT2D eigenvalue weighted by Crippen LogP contribution is -2.38. The van der Waals surface area contributed by atoms with Crippen molar-refractivity contribution in [2.75, 3.05) is 5.73 Å². The van der Waals surface area contributed by atoms with Crippen LogP contribution in [-0.4, -0.2) is 34.0 Å². The molecule has 0 aromatic heterocycles. The summed E-state index contributed by atoms with van der Waals surface area (Å²) in [5, 5.41) is 9.17. The predicted octanol–water partition coefficient (Wildman–Crippen LogP) is 1.49. The van der Waals surface area contributed by atoms with Crippen molar-refractivity contribution in [1.29, 1.82) is 0 Å². The first-order chi connectivity index (χ1) is 9.49. The van der Waals surface area contributed by atoms with Gasteiger partial charge < -0.3 is 15.7 Å². The molecule has 6 heteroatoms. The van der Waals surface area contributed by atoms with Gasteiger partial charge in [-0.2, -0.15) is 0 Å². The van der Waals surface area contributed by atoms with E-state index in [1.807, 2.05) is 0 Å². The zero-order chi connectivity index (χ0) is 14.4. The van der Waals surface area contributed by atoms with Crippen LogP contribution in [-0.2, 0) is 4.79 Å². The molecule has 2 heterocycles. The van der Waals surface area contributed by atoms with Gasteiger partial charge in [0, 0.05) is 17.8 Å². The van der Waals surface area contributed by atoms with Gasteiger partial charge in [0.25, 0.3) is 5.91 Å². The highest BCUT2D eigenvalue weighted by Gasteiger charge is 2.51. The summed E-state index contributed by atoms with van der Waals surface area (Å²) in [6, 6.07) is 3.54. The van der Waals surface area contributed by atoms with E-state index in [0.717, 1.165) is 12.5 Å². The van der Waals surface area contributed by atoms with E-state index in [1.54, 1.807) is 4.90 Å². The van der Waals surface area contributed by atoms with Crippen LogP contribution in [0.5, 0.6) is 0 Å². The van der Waals surface area contributed by atoms with Crippen molar-refractivity contribution >= 4 is 17.6 Å². The first-order valence-electron chi connectivity index (χ1n) is 6.59. The van der Waals surface area contributed by atoms with E-state index in [4.69, 9.17) is 10.8 Å². The molecule has 0 saturated carbocycles. The highest BCUT2D eigenvalue weighted by Crippen LogP contribution is 2.42. The quantitative estimate of drug-likeness (QED) is 0.803. The number of halogens is 1. The molecule has 1 amide bonds. The number of hydrogen-bond acceptors (Lipinski definition) is 3. The number of hydrogen-bond donors (Lipinski definition) is 2. The highest BCUT2D eigenvalue weighted by atomic mass is 19.1. The average molecular weight is 278 g/mol. The number of benzene rings is 1. The Morgan fingerprint density at radius 2 is 2.10 bits per heavy atom. The number of fused-ring (bicyclic) bond motifs is 2. The largest absolute Gasteiger partial charge is 0.481 e. The van der Waals surface area contributed by atoms with Gasteiger partial charge in [0.15, 0.2) is 0 Å². The highest BCUT2D eigenvalue weighted by molar-refractivity contribution is 5.96. The number of carbonyl (C=O) groups excluding carboxylic acids is 1. The molecule has 0 spiro atoms. The Bertz CT molecular complexity index is 590. The Kier molecular flexibility index (Phi) is 2.88. The van der Waals surface area contributed by atoms with E-state index in [1.165, 1.54) is 12.1 Å². The first kappa shape index (κ1) is 12.9. The number of aliphatic carboxylic acids is 1. The molecule has 0 radical (unpaired) electrons. The number of nitrogens with zero attached hydrogens (tertiary/aromatic N) is 1. The van der Waals surface area contributed by atoms with Crippen molar-refractivity contribution in [3.8, 4) is 0 Å². The second-order valence-electron chi connectivity index (χ2n) is 5.43. The molecule has 2 fully saturated rings. The fraction of sp³-hybridized carbons (Fsp3) is 0.429. The Labute approximate surface area is 115 Å². The van der Waals surface area contributed by atoms with Crippen molar-refractivity contribution in [1.82, 2.24) is 4.90 Å². The van der Waals surface area contributed by atoms with Crippen molar-refractivity contribution < 1.29 is 19.1 Å². The number of rotatable bonds is 2. The van der Waals surface area contributed by atoms with Gasteiger partial charge in [-0.1, -0.05) is 0 Å². The van der Waals surface area contributed by atoms with Crippen LogP contribution >= 0.6 is 0 Å².